The average molecular weight is 226 g/mol. The lowest BCUT2D eigenvalue weighted by Gasteiger charge is -2.02. The summed E-state index contributed by atoms with van der Waals surface area (Å²) in [5.41, 5.74) is 2.16. The van der Waals surface area contributed by atoms with E-state index in [9.17, 15) is 9.90 Å². The summed E-state index contributed by atoms with van der Waals surface area (Å²) in [5.74, 6) is 0.182. The van der Waals surface area contributed by atoms with Gasteiger partial charge in [0.2, 0.25) is 0 Å². The molecule has 1 heterocycles. The predicted octanol–water partition coefficient (Wildman–Crippen LogP) is 2.02. The topological polar surface area (TPSA) is 58.0 Å². The molecule has 0 atom stereocenters. The summed E-state index contributed by atoms with van der Waals surface area (Å²) in [5, 5.41) is 9.24. The highest BCUT2D eigenvalue weighted by Gasteiger charge is 2.07. The Morgan fingerprint density at radius 2 is 1.71 bits per heavy atom. The second kappa shape index (κ2) is 3.52. The SMILES string of the molecule is O=c1[nH]c2ccccc2n1-c1ccc(O)cc1. The summed E-state index contributed by atoms with van der Waals surface area (Å²) in [6.07, 6.45) is 0. The maximum Gasteiger partial charge on any atom is 0.331 e. The lowest BCUT2D eigenvalue weighted by atomic mass is 10.2. The summed E-state index contributed by atoms with van der Waals surface area (Å²) in [7, 11) is 0. The van der Waals surface area contributed by atoms with Crippen LogP contribution in [-0.2, 0) is 0 Å². The van der Waals surface area contributed by atoms with Crippen molar-refractivity contribution in [3.05, 3.63) is 59.0 Å². The Bertz CT molecular complexity index is 723. The molecule has 0 bridgehead atoms. The zero-order chi connectivity index (χ0) is 11.8. The standard InChI is InChI=1S/C13H10N2O2/c16-10-7-5-9(6-8-10)15-12-4-2-1-3-11(12)14-13(15)17/h1-8,16H,(H,14,17). The minimum absolute atomic E-state index is 0.182. The molecule has 0 spiro atoms. The van der Waals surface area contributed by atoms with Crippen LogP contribution in [0.1, 0.15) is 0 Å². The first kappa shape index (κ1) is 9.72. The third-order valence-electron chi connectivity index (χ3n) is 2.70. The fraction of sp³-hybridized carbons (Fsp3) is 0. The van der Waals surface area contributed by atoms with E-state index < -0.39 is 0 Å². The first-order chi connectivity index (χ1) is 8.25. The van der Waals surface area contributed by atoms with Crippen molar-refractivity contribution < 1.29 is 5.11 Å². The quantitative estimate of drug-likeness (QED) is 0.667. The number of hydrogen-bond donors (Lipinski definition) is 2. The molecule has 0 aliphatic carbocycles. The maximum absolute atomic E-state index is 11.9. The number of benzene rings is 2. The lowest BCUT2D eigenvalue weighted by Crippen LogP contribution is -2.14. The number of phenolic OH excluding ortho intramolecular Hbond substituents is 1. The van der Waals surface area contributed by atoms with Gasteiger partial charge in [0.1, 0.15) is 5.75 Å². The first-order valence-electron chi connectivity index (χ1n) is 5.25. The molecular formula is C13H10N2O2. The van der Waals surface area contributed by atoms with E-state index in [2.05, 4.69) is 4.98 Å². The van der Waals surface area contributed by atoms with Gasteiger partial charge in [0.25, 0.3) is 0 Å². The molecule has 1 aromatic heterocycles. The van der Waals surface area contributed by atoms with Crippen molar-refractivity contribution in [1.29, 1.82) is 0 Å². The molecule has 0 saturated carbocycles. The van der Waals surface area contributed by atoms with Crippen LogP contribution in [0.5, 0.6) is 5.75 Å². The van der Waals surface area contributed by atoms with Crippen molar-refractivity contribution in [1.82, 2.24) is 9.55 Å². The number of aromatic amines is 1. The van der Waals surface area contributed by atoms with Gasteiger partial charge in [-0.05, 0) is 36.4 Å². The largest absolute Gasteiger partial charge is 0.508 e. The highest BCUT2D eigenvalue weighted by Crippen LogP contribution is 2.17. The summed E-state index contributed by atoms with van der Waals surface area (Å²) in [4.78, 5) is 14.7. The number of H-pyrrole nitrogens is 1. The molecule has 0 aliphatic heterocycles. The molecule has 4 heteroatoms. The van der Waals surface area contributed by atoms with Crippen LogP contribution in [0.2, 0.25) is 0 Å². The van der Waals surface area contributed by atoms with Gasteiger partial charge in [-0.2, -0.15) is 0 Å². The first-order valence-corrected chi connectivity index (χ1v) is 5.25. The van der Waals surface area contributed by atoms with Crippen molar-refractivity contribution in [2.45, 2.75) is 0 Å². The number of phenols is 1. The van der Waals surface area contributed by atoms with Gasteiger partial charge in [-0.3, -0.25) is 4.57 Å². The summed E-state index contributed by atoms with van der Waals surface area (Å²) < 4.78 is 1.58. The molecule has 3 rings (SSSR count). The lowest BCUT2D eigenvalue weighted by molar-refractivity contribution is 0.475. The number of hydrogen-bond acceptors (Lipinski definition) is 2. The monoisotopic (exact) mass is 226 g/mol. The summed E-state index contributed by atoms with van der Waals surface area (Å²) >= 11 is 0. The predicted molar refractivity (Wildman–Crippen MR) is 65.6 cm³/mol. The van der Waals surface area contributed by atoms with Gasteiger partial charge < -0.3 is 10.1 Å². The zero-order valence-corrected chi connectivity index (χ0v) is 8.92. The Hall–Kier alpha value is -2.49. The molecule has 0 saturated heterocycles. The average Bonchev–Trinajstić information content (AvgIpc) is 2.66. The van der Waals surface area contributed by atoms with Gasteiger partial charge in [-0.15, -0.1) is 0 Å². The van der Waals surface area contributed by atoms with E-state index in [-0.39, 0.29) is 11.4 Å². The minimum atomic E-state index is -0.183. The van der Waals surface area contributed by atoms with Crippen LogP contribution in [-0.4, -0.2) is 14.7 Å². The van der Waals surface area contributed by atoms with Gasteiger partial charge in [-0.25, -0.2) is 4.79 Å². The molecule has 4 nitrogen and oxygen atoms in total. The Kier molecular flexibility index (Phi) is 2.01. The van der Waals surface area contributed by atoms with E-state index in [1.807, 2.05) is 24.3 Å². The third kappa shape index (κ3) is 1.50. The van der Waals surface area contributed by atoms with Crippen molar-refractivity contribution in [2.75, 3.05) is 0 Å². The molecule has 84 valence electrons. The molecule has 0 aliphatic rings. The highest BCUT2D eigenvalue weighted by atomic mass is 16.3. The van der Waals surface area contributed by atoms with E-state index in [1.54, 1.807) is 28.8 Å². The zero-order valence-electron chi connectivity index (χ0n) is 8.92. The van der Waals surface area contributed by atoms with E-state index in [0.717, 1.165) is 16.7 Å². The van der Waals surface area contributed by atoms with Crippen LogP contribution in [0.15, 0.2) is 53.3 Å². The number of aromatic nitrogens is 2. The Labute approximate surface area is 96.8 Å². The molecule has 2 N–H and O–H groups in total. The van der Waals surface area contributed by atoms with Crippen molar-refractivity contribution in [3.63, 3.8) is 0 Å². The normalized spacial score (nSPS) is 10.8. The molecule has 0 unspecified atom stereocenters. The van der Waals surface area contributed by atoms with Crippen LogP contribution in [0.4, 0.5) is 0 Å². The highest BCUT2D eigenvalue weighted by molar-refractivity contribution is 5.77. The van der Waals surface area contributed by atoms with Crippen LogP contribution in [0, 0.1) is 0 Å². The number of rotatable bonds is 1. The molecule has 0 radical (unpaired) electrons. The molecular weight excluding hydrogens is 216 g/mol. The van der Waals surface area contributed by atoms with Gasteiger partial charge in [0.05, 0.1) is 16.7 Å². The Balaban J connectivity index is 2.33. The number of para-hydroxylation sites is 2. The van der Waals surface area contributed by atoms with E-state index in [1.165, 1.54) is 0 Å². The van der Waals surface area contributed by atoms with E-state index in [4.69, 9.17) is 0 Å². The van der Waals surface area contributed by atoms with E-state index >= 15 is 0 Å². The number of nitrogens with zero attached hydrogens (tertiary/aromatic N) is 1. The van der Waals surface area contributed by atoms with Crippen LogP contribution >= 0.6 is 0 Å². The van der Waals surface area contributed by atoms with E-state index in [0.29, 0.717) is 0 Å². The van der Waals surface area contributed by atoms with Crippen LogP contribution < -0.4 is 5.69 Å². The smallest absolute Gasteiger partial charge is 0.331 e. The number of fused-ring (bicyclic) bond motifs is 1. The molecule has 3 aromatic rings. The fourth-order valence-corrected chi connectivity index (χ4v) is 1.91. The van der Waals surface area contributed by atoms with Gasteiger partial charge in [0, 0.05) is 0 Å². The van der Waals surface area contributed by atoms with Crippen LogP contribution in [0.3, 0.4) is 0 Å². The number of imidazole rings is 1. The van der Waals surface area contributed by atoms with Gasteiger partial charge >= 0.3 is 5.69 Å². The third-order valence-corrected chi connectivity index (χ3v) is 2.70. The molecule has 0 fully saturated rings. The molecule has 2 aromatic carbocycles. The summed E-state index contributed by atoms with van der Waals surface area (Å²) in [6.45, 7) is 0. The second-order valence-electron chi connectivity index (χ2n) is 3.80. The van der Waals surface area contributed by atoms with Crippen molar-refractivity contribution >= 4 is 11.0 Å². The molecule has 17 heavy (non-hydrogen) atoms. The van der Waals surface area contributed by atoms with Crippen molar-refractivity contribution in [2.24, 2.45) is 0 Å². The fourth-order valence-electron chi connectivity index (χ4n) is 1.91. The minimum Gasteiger partial charge on any atom is -0.508 e. The molecule has 0 amide bonds. The Morgan fingerprint density at radius 1 is 1.00 bits per heavy atom. The number of nitrogens with one attached hydrogen (secondary N) is 1. The Morgan fingerprint density at radius 3 is 2.47 bits per heavy atom. The second-order valence-corrected chi connectivity index (χ2v) is 3.80. The maximum atomic E-state index is 11.9. The number of aromatic hydroxyl groups is 1. The summed E-state index contributed by atoms with van der Waals surface area (Å²) in [6, 6.07) is 14.0. The van der Waals surface area contributed by atoms with Crippen molar-refractivity contribution in [3.8, 4) is 11.4 Å². The van der Waals surface area contributed by atoms with Crippen LogP contribution in [0.25, 0.3) is 16.7 Å². The van der Waals surface area contributed by atoms with Gasteiger partial charge in [-0.1, -0.05) is 12.1 Å². The van der Waals surface area contributed by atoms with Gasteiger partial charge in [0.15, 0.2) is 0 Å².